The topological polar surface area (TPSA) is 130 Å². The summed E-state index contributed by atoms with van der Waals surface area (Å²) >= 11 is 0. The van der Waals surface area contributed by atoms with Crippen LogP contribution >= 0.6 is 0 Å². The van der Waals surface area contributed by atoms with Crippen LogP contribution in [0.3, 0.4) is 0 Å². The summed E-state index contributed by atoms with van der Waals surface area (Å²) in [5.74, 6) is -0.249. The van der Waals surface area contributed by atoms with E-state index in [9.17, 15) is 23.3 Å². The number of piperazine rings is 1. The van der Waals surface area contributed by atoms with Crippen molar-refractivity contribution in [1.82, 2.24) is 13.8 Å². The fourth-order valence-corrected chi connectivity index (χ4v) is 5.72. The predicted octanol–water partition coefficient (Wildman–Crippen LogP) is 3.01. The first-order valence-electron chi connectivity index (χ1n) is 11.0. The molecule has 0 aliphatic carbocycles. The Balaban J connectivity index is 1.45. The second-order valence-corrected chi connectivity index (χ2v) is 9.90. The first-order valence-corrected chi connectivity index (χ1v) is 12.4. The van der Waals surface area contributed by atoms with E-state index < -0.39 is 20.6 Å². The maximum atomic E-state index is 13.0. The van der Waals surface area contributed by atoms with Gasteiger partial charge in [0, 0.05) is 67.5 Å². The average Bonchev–Trinajstić information content (AvgIpc) is 3.23. The van der Waals surface area contributed by atoms with E-state index in [0.717, 1.165) is 22.5 Å². The number of aryl methyl sites for hydroxylation is 1. The Kier molecular flexibility index (Phi) is 6.95. The number of carbonyl (C=O) groups excluding carboxylic acids is 1. The van der Waals surface area contributed by atoms with Crippen LogP contribution in [0, 0.1) is 21.4 Å². The molecule has 1 aromatic heterocycles. The summed E-state index contributed by atoms with van der Waals surface area (Å²) in [5, 5.41) is 21.1. The van der Waals surface area contributed by atoms with Gasteiger partial charge in [-0.2, -0.15) is 9.57 Å². The number of nitro benzene ring substituents is 1. The first kappa shape index (κ1) is 24.1. The Labute approximate surface area is 202 Å². The Morgan fingerprint density at radius 3 is 2.49 bits per heavy atom. The van der Waals surface area contributed by atoms with E-state index in [1.54, 1.807) is 11.0 Å². The van der Waals surface area contributed by atoms with Crippen molar-refractivity contribution in [2.24, 2.45) is 0 Å². The minimum absolute atomic E-state index is 0.0431. The molecule has 0 N–H and O–H groups in total. The van der Waals surface area contributed by atoms with Crippen LogP contribution in [-0.4, -0.2) is 59.2 Å². The Bertz CT molecular complexity index is 1450. The van der Waals surface area contributed by atoms with Crippen molar-refractivity contribution < 1.29 is 18.1 Å². The highest BCUT2D eigenvalue weighted by Crippen LogP contribution is 2.27. The summed E-state index contributed by atoms with van der Waals surface area (Å²) in [7, 11) is -4.06. The number of hydrogen-bond acceptors (Lipinski definition) is 6. The van der Waals surface area contributed by atoms with Gasteiger partial charge in [-0.05, 0) is 18.2 Å². The largest absolute Gasteiger partial charge is 0.346 e. The molecular formula is C24H23N5O5S. The number of carbonyl (C=O) groups is 1. The summed E-state index contributed by atoms with van der Waals surface area (Å²) in [6.07, 6.45) is 5.47. The molecule has 10 nitrogen and oxygen atoms in total. The van der Waals surface area contributed by atoms with Gasteiger partial charge in [0.25, 0.3) is 5.69 Å². The van der Waals surface area contributed by atoms with Gasteiger partial charge in [-0.25, -0.2) is 8.42 Å². The molecule has 3 aromatic rings. The highest BCUT2D eigenvalue weighted by atomic mass is 32.2. The van der Waals surface area contributed by atoms with Gasteiger partial charge < -0.3 is 9.47 Å². The third kappa shape index (κ3) is 4.94. The summed E-state index contributed by atoms with van der Waals surface area (Å²) in [6.45, 7) is 0.984. The number of rotatable bonds is 7. The molecule has 35 heavy (non-hydrogen) atoms. The van der Waals surface area contributed by atoms with Crippen LogP contribution in [0.15, 0.2) is 65.7 Å². The monoisotopic (exact) mass is 493 g/mol. The van der Waals surface area contributed by atoms with Crippen molar-refractivity contribution in [1.29, 1.82) is 5.26 Å². The minimum atomic E-state index is -4.06. The van der Waals surface area contributed by atoms with Gasteiger partial charge in [0.2, 0.25) is 15.9 Å². The molecule has 1 aliphatic rings. The van der Waals surface area contributed by atoms with E-state index in [4.69, 9.17) is 5.26 Å². The van der Waals surface area contributed by atoms with Gasteiger partial charge in [-0.3, -0.25) is 14.9 Å². The van der Waals surface area contributed by atoms with Crippen molar-refractivity contribution in [2.75, 3.05) is 26.2 Å². The number of benzene rings is 2. The van der Waals surface area contributed by atoms with E-state index >= 15 is 0 Å². The van der Waals surface area contributed by atoms with Gasteiger partial charge in [-0.1, -0.05) is 30.3 Å². The zero-order chi connectivity index (χ0) is 25.0. The molecule has 2 heterocycles. The van der Waals surface area contributed by atoms with Crippen LogP contribution < -0.4 is 0 Å². The number of nitriles is 1. The Morgan fingerprint density at radius 1 is 1.09 bits per heavy atom. The molecule has 0 saturated carbocycles. The van der Waals surface area contributed by atoms with Gasteiger partial charge in [0.05, 0.1) is 17.4 Å². The molecule has 180 valence electrons. The van der Waals surface area contributed by atoms with Gasteiger partial charge >= 0.3 is 0 Å². The van der Waals surface area contributed by atoms with Gasteiger partial charge in [0.1, 0.15) is 0 Å². The van der Waals surface area contributed by atoms with E-state index in [2.05, 4.69) is 6.07 Å². The number of nitrogens with zero attached hydrogens (tertiary/aromatic N) is 5. The molecule has 1 aliphatic heterocycles. The van der Waals surface area contributed by atoms with Crippen LogP contribution in [0.1, 0.15) is 12.0 Å². The number of nitro groups is 1. The highest BCUT2D eigenvalue weighted by Gasteiger charge is 2.34. The average molecular weight is 494 g/mol. The molecule has 0 bridgehead atoms. The third-order valence-electron chi connectivity index (χ3n) is 5.92. The van der Waals surface area contributed by atoms with E-state index in [1.807, 2.05) is 35.0 Å². The quantitative estimate of drug-likeness (QED) is 0.283. The smallest absolute Gasteiger partial charge is 0.289 e. The maximum absolute atomic E-state index is 13.0. The summed E-state index contributed by atoms with van der Waals surface area (Å²) in [4.78, 5) is 24.5. The highest BCUT2D eigenvalue weighted by molar-refractivity contribution is 7.89. The standard InChI is InChI=1S/C24H23N5O5S/c25-12-5-13-27-18-19(20-6-1-2-7-21(20)27)10-11-24(30)26-14-16-28(17-15-26)35(33,34)23-9-4-3-8-22(23)29(31)32/h1-4,6-11,18H,5,13-17H2/b11-10+. The van der Waals surface area contributed by atoms with Gasteiger partial charge in [-0.15, -0.1) is 0 Å². The van der Waals surface area contributed by atoms with E-state index in [0.29, 0.717) is 13.0 Å². The Hall–Kier alpha value is -4.01. The lowest BCUT2D eigenvalue weighted by Gasteiger charge is -2.33. The molecule has 1 saturated heterocycles. The third-order valence-corrected chi connectivity index (χ3v) is 7.87. The second-order valence-electron chi connectivity index (χ2n) is 7.99. The van der Waals surface area contributed by atoms with Crippen molar-refractivity contribution in [3.63, 3.8) is 0 Å². The summed E-state index contributed by atoms with van der Waals surface area (Å²) in [5.41, 5.74) is 1.36. The van der Waals surface area contributed by atoms with Crippen LogP contribution in [0.5, 0.6) is 0 Å². The number of aromatic nitrogens is 1. The van der Waals surface area contributed by atoms with Crippen molar-refractivity contribution in [3.8, 4) is 6.07 Å². The molecule has 0 radical (unpaired) electrons. The molecule has 4 rings (SSSR count). The molecule has 0 unspecified atom stereocenters. The molecule has 1 fully saturated rings. The van der Waals surface area contributed by atoms with E-state index in [1.165, 1.54) is 28.6 Å². The lowest BCUT2D eigenvalue weighted by atomic mass is 10.1. The lowest BCUT2D eigenvalue weighted by Crippen LogP contribution is -2.50. The number of fused-ring (bicyclic) bond motifs is 1. The predicted molar refractivity (Wildman–Crippen MR) is 130 cm³/mol. The molecule has 11 heteroatoms. The van der Waals surface area contributed by atoms with Crippen molar-refractivity contribution in [3.05, 3.63) is 76.5 Å². The zero-order valence-electron chi connectivity index (χ0n) is 18.8. The fourth-order valence-electron chi connectivity index (χ4n) is 4.14. The molecule has 0 spiro atoms. The van der Waals surface area contributed by atoms with Crippen LogP contribution in [0.2, 0.25) is 0 Å². The Morgan fingerprint density at radius 2 is 1.77 bits per heavy atom. The summed E-state index contributed by atoms with van der Waals surface area (Å²) in [6, 6.07) is 15.1. The van der Waals surface area contributed by atoms with Crippen molar-refractivity contribution in [2.45, 2.75) is 17.9 Å². The molecule has 0 atom stereocenters. The lowest BCUT2D eigenvalue weighted by molar-refractivity contribution is -0.387. The van der Waals surface area contributed by atoms with Crippen LogP contribution in [0.25, 0.3) is 17.0 Å². The zero-order valence-corrected chi connectivity index (χ0v) is 19.6. The SMILES string of the molecule is N#CCCn1cc(/C=C/C(=O)N2CCN(S(=O)(=O)c3ccccc3[N+](=O)[O-])CC2)c2ccccc21. The van der Waals surface area contributed by atoms with Crippen LogP contribution in [-0.2, 0) is 21.4 Å². The maximum Gasteiger partial charge on any atom is 0.289 e. The van der Waals surface area contributed by atoms with Crippen molar-refractivity contribution >= 4 is 38.6 Å². The van der Waals surface area contributed by atoms with E-state index in [-0.39, 0.29) is 37.0 Å². The van der Waals surface area contributed by atoms with Gasteiger partial charge in [0.15, 0.2) is 4.90 Å². The number of sulfonamides is 1. The molecular weight excluding hydrogens is 470 g/mol. The first-order chi connectivity index (χ1) is 16.8. The fraction of sp³-hybridized carbons (Fsp3) is 0.250. The number of para-hydroxylation sites is 2. The normalized spacial score (nSPS) is 14.9. The summed E-state index contributed by atoms with van der Waals surface area (Å²) < 4.78 is 29.1. The second kappa shape index (κ2) is 10.1. The molecule has 1 amide bonds. The van der Waals surface area contributed by atoms with Crippen LogP contribution in [0.4, 0.5) is 5.69 Å². The minimum Gasteiger partial charge on any atom is -0.346 e. The number of amides is 1. The number of hydrogen-bond donors (Lipinski definition) is 0. The molecule has 2 aromatic carbocycles.